The fourth-order valence-corrected chi connectivity index (χ4v) is 2.22. The third-order valence-electron chi connectivity index (χ3n) is 3.53. The highest BCUT2D eigenvalue weighted by molar-refractivity contribution is 5.22. The molecule has 0 radical (unpaired) electrons. The van der Waals surface area contributed by atoms with E-state index >= 15 is 0 Å². The van der Waals surface area contributed by atoms with E-state index in [9.17, 15) is 0 Å². The topological polar surface area (TPSA) is 24.1 Å². The van der Waals surface area contributed by atoms with Crippen LogP contribution in [0.2, 0.25) is 0 Å². The lowest BCUT2D eigenvalue weighted by Gasteiger charge is -2.21. The first-order valence-corrected chi connectivity index (χ1v) is 6.77. The van der Waals surface area contributed by atoms with Crippen molar-refractivity contribution in [3.05, 3.63) is 35.6 Å². The Morgan fingerprint density at radius 2 is 2.18 bits per heavy atom. The van der Waals surface area contributed by atoms with Crippen molar-refractivity contribution in [2.45, 2.75) is 39.2 Å². The molecule has 1 aliphatic carbocycles. The van der Waals surface area contributed by atoms with Crippen molar-refractivity contribution in [2.24, 2.45) is 5.92 Å². The molecule has 0 spiro atoms. The largest absolute Gasteiger partial charge is 0.385 e. The molecule has 0 saturated heterocycles. The fraction of sp³-hybridized carbons (Fsp3) is 0.600. The van der Waals surface area contributed by atoms with Crippen molar-refractivity contribution in [2.75, 3.05) is 13.1 Å². The maximum Gasteiger partial charge on any atom is 0.0296 e. The summed E-state index contributed by atoms with van der Waals surface area (Å²) in [6, 6.07) is 0.650. The van der Waals surface area contributed by atoms with E-state index in [0.29, 0.717) is 12.0 Å². The number of hydrogen-bond donors (Lipinski definition) is 2. The molecule has 0 aromatic carbocycles. The molecule has 1 aliphatic heterocycles. The highest BCUT2D eigenvalue weighted by Gasteiger charge is 2.08. The van der Waals surface area contributed by atoms with E-state index < -0.39 is 0 Å². The Hall–Kier alpha value is -1.02. The molecule has 17 heavy (non-hydrogen) atoms. The number of hydrogen-bond acceptors (Lipinski definition) is 2. The van der Waals surface area contributed by atoms with Crippen molar-refractivity contribution in [1.82, 2.24) is 10.6 Å². The molecule has 1 heterocycles. The summed E-state index contributed by atoms with van der Waals surface area (Å²) < 4.78 is 0. The summed E-state index contributed by atoms with van der Waals surface area (Å²) >= 11 is 0. The zero-order valence-corrected chi connectivity index (χ0v) is 11.0. The van der Waals surface area contributed by atoms with Crippen LogP contribution in [0.15, 0.2) is 35.6 Å². The Bertz CT molecular complexity index is 339. The lowest BCUT2D eigenvalue weighted by atomic mass is 10.0. The number of nitrogens with one attached hydrogen (secondary N) is 2. The first kappa shape index (κ1) is 12.4. The van der Waals surface area contributed by atoms with Gasteiger partial charge in [0.25, 0.3) is 0 Å². The summed E-state index contributed by atoms with van der Waals surface area (Å²) in [5.74, 6) is 0.701. The summed E-state index contributed by atoms with van der Waals surface area (Å²) in [6.07, 6.45) is 12.7. The zero-order chi connectivity index (χ0) is 12.1. The van der Waals surface area contributed by atoms with Gasteiger partial charge in [-0.15, -0.1) is 0 Å². The molecular formula is C15H24N2. The fourth-order valence-electron chi connectivity index (χ4n) is 2.22. The molecule has 2 atom stereocenters. The van der Waals surface area contributed by atoms with Gasteiger partial charge >= 0.3 is 0 Å². The van der Waals surface area contributed by atoms with Crippen LogP contribution in [0, 0.1) is 5.92 Å². The Morgan fingerprint density at radius 3 is 2.82 bits per heavy atom. The SMILES string of the molecule is CC1C=CC(NCCC2=CCC(C)NC2)=CC1. The van der Waals surface area contributed by atoms with Crippen molar-refractivity contribution < 1.29 is 0 Å². The Kier molecular flexibility index (Phi) is 4.43. The molecule has 0 saturated carbocycles. The second-order valence-corrected chi connectivity index (χ2v) is 5.29. The van der Waals surface area contributed by atoms with E-state index in [1.54, 1.807) is 5.57 Å². The van der Waals surface area contributed by atoms with Gasteiger partial charge in [0, 0.05) is 24.8 Å². The lowest BCUT2D eigenvalue weighted by molar-refractivity contribution is 0.544. The molecule has 2 aliphatic rings. The smallest absolute Gasteiger partial charge is 0.0296 e. The monoisotopic (exact) mass is 232 g/mol. The van der Waals surface area contributed by atoms with E-state index in [1.807, 2.05) is 0 Å². The summed E-state index contributed by atoms with van der Waals surface area (Å²) in [4.78, 5) is 0. The van der Waals surface area contributed by atoms with Crippen LogP contribution in [0.5, 0.6) is 0 Å². The van der Waals surface area contributed by atoms with Crippen LogP contribution in [-0.4, -0.2) is 19.1 Å². The number of allylic oxidation sites excluding steroid dienone is 3. The van der Waals surface area contributed by atoms with Gasteiger partial charge < -0.3 is 10.6 Å². The van der Waals surface area contributed by atoms with Gasteiger partial charge in [0.1, 0.15) is 0 Å². The maximum absolute atomic E-state index is 3.51. The molecule has 2 N–H and O–H groups in total. The first-order chi connectivity index (χ1) is 8.24. The molecule has 2 rings (SSSR count). The van der Waals surface area contributed by atoms with Crippen molar-refractivity contribution in [3.8, 4) is 0 Å². The van der Waals surface area contributed by atoms with Crippen LogP contribution in [0.25, 0.3) is 0 Å². The third kappa shape index (κ3) is 4.04. The van der Waals surface area contributed by atoms with E-state index in [0.717, 1.165) is 19.5 Å². The normalized spacial score (nSPS) is 28.6. The van der Waals surface area contributed by atoms with Crippen LogP contribution in [0.1, 0.15) is 33.1 Å². The molecule has 0 aromatic heterocycles. The summed E-state index contributed by atoms with van der Waals surface area (Å²) in [5.41, 5.74) is 2.84. The van der Waals surface area contributed by atoms with E-state index in [1.165, 1.54) is 18.5 Å². The molecule has 0 fully saturated rings. The molecule has 0 bridgehead atoms. The molecular weight excluding hydrogens is 208 g/mol. The van der Waals surface area contributed by atoms with Gasteiger partial charge in [-0.1, -0.05) is 30.7 Å². The first-order valence-electron chi connectivity index (χ1n) is 6.77. The van der Waals surface area contributed by atoms with E-state index in [-0.39, 0.29) is 0 Å². The minimum atomic E-state index is 0.650. The Balaban J connectivity index is 1.68. The molecule has 2 nitrogen and oxygen atoms in total. The Morgan fingerprint density at radius 1 is 1.29 bits per heavy atom. The molecule has 94 valence electrons. The summed E-state index contributed by atoms with van der Waals surface area (Å²) in [7, 11) is 0. The van der Waals surface area contributed by atoms with Crippen molar-refractivity contribution in [3.63, 3.8) is 0 Å². The van der Waals surface area contributed by atoms with Gasteiger partial charge in [0.15, 0.2) is 0 Å². The summed E-state index contributed by atoms with van der Waals surface area (Å²) in [5, 5.41) is 7.01. The molecule has 2 heteroatoms. The van der Waals surface area contributed by atoms with Crippen LogP contribution in [-0.2, 0) is 0 Å². The Labute approximate surface area is 105 Å². The molecule has 0 aromatic rings. The standard InChI is InChI=1S/C15H24N2/c1-12-3-7-15(8-4-12)16-10-9-14-6-5-13(2)17-11-14/h3,6-8,12-13,16-17H,4-5,9-11H2,1-2H3. The van der Waals surface area contributed by atoms with Gasteiger partial charge in [0.2, 0.25) is 0 Å². The average Bonchev–Trinajstić information content (AvgIpc) is 2.34. The zero-order valence-electron chi connectivity index (χ0n) is 11.0. The van der Waals surface area contributed by atoms with Gasteiger partial charge in [-0.3, -0.25) is 0 Å². The minimum Gasteiger partial charge on any atom is -0.385 e. The van der Waals surface area contributed by atoms with Crippen LogP contribution in [0.4, 0.5) is 0 Å². The van der Waals surface area contributed by atoms with Crippen LogP contribution >= 0.6 is 0 Å². The second kappa shape index (κ2) is 6.06. The number of rotatable bonds is 4. The minimum absolute atomic E-state index is 0.650. The average molecular weight is 232 g/mol. The van der Waals surface area contributed by atoms with Crippen molar-refractivity contribution in [1.29, 1.82) is 0 Å². The second-order valence-electron chi connectivity index (χ2n) is 5.29. The van der Waals surface area contributed by atoms with Gasteiger partial charge in [-0.25, -0.2) is 0 Å². The molecule has 2 unspecified atom stereocenters. The maximum atomic E-state index is 3.51. The molecule has 0 amide bonds. The van der Waals surface area contributed by atoms with Gasteiger partial charge in [0.05, 0.1) is 0 Å². The van der Waals surface area contributed by atoms with E-state index in [2.05, 4.69) is 48.8 Å². The quantitative estimate of drug-likeness (QED) is 0.728. The van der Waals surface area contributed by atoms with Crippen LogP contribution in [0.3, 0.4) is 0 Å². The summed E-state index contributed by atoms with van der Waals surface area (Å²) in [6.45, 7) is 6.61. The van der Waals surface area contributed by atoms with Crippen molar-refractivity contribution >= 4 is 0 Å². The highest BCUT2D eigenvalue weighted by Crippen LogP contribution is 2.14. The van der Waals surface area contributed by atoms with Crippen LogP contribution < -0.4 is 10.6 Å². The predicted octanol–water partition coefficient (Wildman–Crippen LogP) is 2.75. The lowest BCUT2D eigenvalue weighted by Crippen LogP contribution is -2.31. The van der Waals surface area contributed by atoms with Gasteiger partial charge in [-0.05, 0) is 38.2 Å². The third-order valence-corrected chi connectivity index (χ3v) is 3.53. The van der Waals surface area contributed by atoms with E-state index in [4.69, 9.17) is 0 Å². The van der Waals surface area contributed by atoms with Gasteiger partial charge in [-0.2, -0.15) is 0 Å². The highest BCUT2D eigenvalue weighted by atomic mass is 14.9. The predicted molar refractivity (Wildman–Crippen MR) is 73.8 cm³/mol.